The van der Waals surface area contributed by atoms with Gasteiger partial charge in [0.25, 0.3) is 0 Å². The van der Waals surface area contributed by atoms with Crippen molar-refractivity contribution in [3.63, 3.8) is 0 Å². The summed E-state index contributed by atoms with van der Waals surface area (Å²) in [4.78, 5) is 37.8. The van der Waals surface area contributed by atoms with Gasteiger partial charge in [0.05, 0.1) is 10.0 Å². The molecule has 1 N–H and O–H groups in total. The molecule has 1 spiro atoms. The van der Waals surface area contributed by atoms with E-state index in [-0.39, 0.29) is 17.4 Å². The van der Waals surface area contributed by atoms with Gasteiger partial charge in [-0.2, -0.15) is 0 Å². The van der Waals surface area contributed by atoms with Crippen molar-refractivity contribution in [3.05, 3.63) is 57.7 Å². The van der Waals surface area contributed by atoms with Crippen LogP contribution in [0.4, 0.5) is 10.6 Å². The number of piperazine rings is 1. The molecule has 2 aromatic rings. The van der Waals surface area contributed by atoms with Crippen LogP contribution in [-0.4, -0.2) is 84.0 Å². The number of aromatic nitrogens is 1. The van der Waals surface area contributed by atoms with Crippen molar-refractivity contribution in [2.45, 2.75) is 39.3 Å². The Bertz CT molecular complexity index is 1170. The molecule has 1 unspecified atom stereocenters. The summed E-state index contributed by atoms with van der Waals surface area (Å²) >= 11 is 12.3. The average Bonchev–Trinajstić information content (AvgIpc) is 3.30. The molecule has 3 aliphatic rings. The first kappa shape index (κ1) is 27.0. The van der Waals surface area contributed by atoms with Crippen LogP contribution in [0.2, 0.25) is 10.0 Å². The first-order valence-electron chi connectivity index (χ1n) is 13.4. The summed E-state index contributed by atoms with van der Waals surface area (Å²) in [7, 11) is 0. The van der Waals surface area contributed by atoms with E-state index < -0.39 is 0 Å². The topological polar surface area (TPSA) is 72.0 Å². The van der Waals surface area contributed by atoms with Crippen molar-refractivity contribution in [1.29, 1.82) is 0 Å². The number of rotatable bonds is 5. The Morgan fingerprint density at radius 1 is 0.921 bits per heavy atom. The van der Waals surface area contributed by atoms with Crippen LogP contribution in [0.5, 0.6) is 0 Å². The summed E-state index contributed by atoms with van der Waals surface area (Å²) in [5.74, 6) is 1.01. The molecule has 1 atom stereocenters. The number of likely N-dealkylation sites (tertiary alicyclic amines) is 2. The van der Waals surface area contributed by atoms with Crippen LogP contribution >= 0.6 is 23.2 Å². The number of anilines is 1. The molecule has 3 fully saturated rings. The Balaban J connectivity index is 1.12. The fourth-order valence-corrected chi connectivity index (χ4v) is 6.38. The van der Waals surface area contributed by atoms with Crippen molar-refractivity contribution >= 4 is 41.0 Å². The molecule has 204 valence electrons. The number of nitrogens with zero attached hydrogens (tertiary/aromatic N) is 5. The summed E-state index contributed by atoms with van der Waals surface area (Å²) in [6.45, 7) is 9.47. The van der Waals surface area contributed by atoms with Gasteiger partial charge in [0, 0.05) is 77.4 Å². The van der Waals surface area contributed by atoms with Gasteiger partial charge in [-0.05, 0) is 61.2 Å². The third-order valence-corrected chi connectivity index (χ3v) is 8.90. The number of pyridine rings is 1. The third-order valence-electron chi connectivity index (χ3n) is 8.16. The Hall–Kier alpha value is -2.55. The van der Waals surface area contributed by atoms with Crippen molar-refractivity contribution in [3.8, 4) is 0 Å². The maximum Gasteiger partial charge on any atom is 0.317 e. The number of carbonyl (C=O) groups excluding carboxylic acids is 2. The maximum absolute atomic E-state index is 13.2. The Morgan fingerprint density at radius 2 is 1.74 bits per heavy atom. The van der Waals surface area contributed by atoms with E-state index in [0.717, 1.165) is 76.5 Å². The molecule has 8 nitrogen and oxygen atoms in total. The third kappa shape index (κ3) is 6.35. The molecule has 4 heterocycles. The van der Waals surface area contributed by atoms with Crippen molar-refractivity contribution < 1.29 is 9.59 Å². The van der Waals surface area contributed by atoms with Crippen molar-refractivity contribution in [1.82, 2.24) is 25.0 Å². The molecule has 0 bridgehead atoms. The van der Waals surface area contributed by atoms with E-state index in [1.807, 2.05) is 40.1 Å². The number of hydrogen-bond acceptors (Lipinski definition) is 5. The van der Waals surface area contributed by atoms with Gasteiger partial charge in [0.1, 0.15) is 5.82 Å². The quantitative estimate of drug-likeness (QED) is 0.593. The van der Waals surface area contributed by atoms with E-state index in [2.05, 4.69) is 20.1 Å². The standard InChI is InChI=1S/C28H36Cl2N6O2/c1-21(37)34-11-13-35(14-12-34)26-16-22(5-8-31-26)17-32-27(38)36-9-2-6-28(20-36)7-10-33(19-28)18-23-3-4-24(29)25(30)15-23/h3-5,8,15-16H,2,6-7,9-14,17-20H2,1H3,(H,32,38). The van der Waals surface area contributed by atoms with Gasteiger partial charge >= 0.3 is 6.03 Å². The monoisotopic (exact) mass is 558 g/mol. The van der Waals surface area contributed by atoms with Crippen LogP contribution in [0.25, 0.3) is 0 Å². The molecule has 1 aromatic carbocycles. The minimum Gasteiger partial charge on any atom is -0.353 e. The highest BCUT2D eigenvalue weighted by Gasteiger charge is 2.42. The minimum absolute atomic E-state index is 0.000410. The van der Waals surface area contributed by atoms with E-state index in [0.29, 0.717) is 29.7 Å². The fourth-order valence-electron chi connectivity index (χ4n) is 6.06. The molecule has 0 aliphatic carbocycles. The largest absolute Gasteiger partial charge is 0.353 e. The number of urea groups is 1. The predicted octanol–water partition coefficient (Wildman–Crippen LogP) is 4.25. The summed E-state index contributed by atoms with van der Waals surface area (Å²) in [6.07, 6.45) is 5.08. The molecule has 0 saturated carbocycles. The number of nitrogens with one attached hydrogen (secondary N) is 1. The van der Waals surface area contributed by atoms with Crippen LogP contribution in [0.3, 0.4) is 0 Å². The number of amides is 3. The maximum atomic E-state index is 13.2. The van der Waals surface area contributed by atoms with Gasteiger partial charge in [0.2, 0.25) is 5.91 Å². The summed E-state index contributed by atoms with van der Waals surface area (Å²) in [5.41, 5.74) is 2.34. The summed E-state index contributed by atoms with van der Waals surface area (Å²) in [6, 6.07) is 9.84. The smallest absolute Gasteiger partial charge is 0.317 e. The Kier molecular flexibility index (Phi) is 8.31. The normalized spacial score (nSPS) is 22.2. The highest BCUT2D eigenvalue weighted by atomic mass is 35.5. The zero-order chi connectivity index (χ0) is 26.7. The van der Waals surface area contributed by atoms with Crippen molar-refractivity contribution in [2.24, 2.45) is 5.41 Å². The van der Waals surface area contributed by atoms with E-state index in [4.69, 9.17) is 23.2 Å². The number of benzene rings is 1. The van der Waals surface area contributed by atoms with Gasteiger partial charge in [-0.15, -0.1) is 0 Å². The van der Waals surface area contributed by atoms with Gasteiger partial charge in [-0.3, -0.25) is 9.69 Å². The van der Waals surface area contributed by atoms with Crippen LogP contribution in [0.15, 0.2) is 36.5 Å². The lowest BCUT2D eigenvalue weighted by molar-refractivity contribution is -0.129. The molecule has 3 saturated heterocycles. The average molecular weight is 560 g/mol. The fraction of sp³-hybridized carbons (Fsp3) is 0.536. The first-order valence-corrected chi connectivity index (χ1v) is 14.2. The molecule has 3 amide bonds. The van der Waals surface area contributed by atoms with Crippen LogP contribution in [0, 0.1) is 5.41 Å². The zero-order valence-corrected chi connectivity index (χ0v) is 23.5. The van der Waals surface area contributed by atoms with E-state index in [9.17, 15) is 9.59 Å². The highest BCUT2D eigenvalue weighted by Crippen LogP contribution is 2.39. The molecule has 38 heavy (non-hydrogen) atoms. The van der Waals surface area contributed by atoms with Gasteiger partial charge in [-0.25, -0.2) is 9.78 Å². The predicted molar refractivity (Wildman–Crippen MR) is 151 cm³/mol. The molecule has 3 aliphatic heterocycles. The minimum atomic E-state index is 0.000410. The molecule has 5 rings (SSSR count). The van der Waals surface area contributed by atoms with Crippen molar-refractivity contribution in [2.75, 3.05) is 57.3 Å². The first-order chi connectivity index (χ1) is 18.3. The Morgan fingerprint density at radius 3 is 2.50 bits per heavy atom. The number of carbonyl (C=O) groups is 2. The van der Waals surface area contributed by atoms with E-state index in [1.54, 1.807) is 13.1 Å². The summed E-state index contributed by atoms with van der Waals surface area (Å²) in [5, 5.41) is 4.31. The Labute approximate surface area is 234 Å². The lowest BCUT2D eigenvalue weighted by Crippen LogP contribution is -2.50. The second kappa shape index (κ2) is 11.7. The molecule has 1 aromatic heterocycles. The second-order valence-electron chi connectivity index (χ2n) is 10.9. The molecule has 0 radical (unpaired) electrons. The zero-order valence-electron chi connectivity index (χ0n) is 22.0. The highest BCUT2D eigenvalue weighted by molar-refractivity contribution is 6.42. The lowest BCUT2D eigenvalue weighted by atomic mass is 9.79. The number of hydrogen-bond donors (Lipinski definition) is 1. The van der Waals surface area contributed by atoms with E-state index in [1.165, 1.54) is 5.56 Å². The molecule has 10 heteroatoms. The molecular weight excluding hydrogens is 523 g/mol. The number of piperidine rings is 1. The lowest BCUT2D eigenvalue weighted by Gasteiger charge is -2.40. The SMILES string of the molecule is CC(=O)N1CCN(c2cc(CNC(=O)N3CCCC4(CCN(Cc5ccc(Cl)c(Cl)c5)C4)C3)ccn2)CC1. The van der Waals surface area contributed by atoms with Gasteiger partial charge in [-0.1, -0.05) is 29.3 Å². The molecular formula is C28H36Cl2N6O2. The second-order valence-corrected chi connectivity index (χ2v) is 11.7. The van der Waals surface area contributed by atoms with E-state index >= 15 is 0 Å². The summed E-state index contributed by atoms with van der Waals surface area (Å²) < 4.78 is 0. The van der Waals surface area contributed by atoms with Crippen LogP contribution < -0.4 is 10.2 Å². The van der Waals surface area contributed by atoms with Gasteiger partial charge in [0.15, 0.2) is 0 Å². The number of halogens is 2. The van der Waals surface area contributed by atoms with Gasteiger partial charge < -0.3 is 20.0 Å². The van der Waals surface area contributed by atoms with Crippen LogP contribution in [0.1, 0.15) is 37.3 Å². The van der Waals surface area contributed by atoms with Crippen LogP contribution in [-0.2, 0) is 17.9 Å².